The third kappa shape index (κ3) is 6.06. The molecule has 290 valence electrons. The van der Waals surface area contributed by atoms with Crippen molar-refractivity contribution in [3.8, 4) is 67.8 Å². The minimum Gasteiger partial charge on any atom is -0.309 e. The van der Waals surface area contributed by atoms with Crippen LogP contribution >= 0.6 is 0 Å². The first-order chi connectivity index (χ1) is 30.7. The van der Waals surface area contributed by atoms with Gasteiger partial charge >= 0.3 is 0 Å². The molecule has 3 aromatic heterocycles. The van der Waals surface area contributed by atoms with Crippen molar-refractivity contribution in [2.24, 2.45) is 0 Å². The third-order valence-electron chi connectivity index (χ3n) is 12.0. The van der Waals surface area contributed by atoms with E-state index in [0.29, 0.717) is 17.5 Å². The lowest BCUT2D eigenvalue weighted by Crippen LogP contribution is -2.00. The van der Waals surface area contributed by atoms with Gasteiger partial charge in [-0.25, -0.2) is 15.0 Å². The predicted molar refractivity (Wildman–Crippen MR) is 256 cm³/mol. The van der Waals surface area contributed by atoms with E-state index in [9.17, 15) is 0 Å². The molecule has 0 N–H and O–H groups in total. The molecular formula is C57H37N5. The molecule has 0 radical (unpaired) electrons. The fourth-order valence-electron chi connectivity index (χ4n) is 8.99. The van der Waals surface area contributed by atoms with E-state index in [1.165, 1.54) is 54.8 Å². The second kappa shape index (κ2) is 14.7. The number of para-hydroxylation sites is 2. The summed E-state index contributed by atoms with van der Waals surface area (Å²) >= 11 is 0. The van der Waals surface area contributed by atoms with Crippen LogP contribution in [0, 0.1) is 0 Å². The molecule has 5 heteroatoms. The zero-order valence-electron chi connectivity index (χ0n) is 33.6. The molecule has 0 saturated heterocycles. The first-order valence-electron chi connectivity index (χ1n) is 20.9. The van der Waals surface area contributed by atoms with Crippen molar-refractivity contribution in [2.75, 3.05) is 0 Å². The summed E-state index contributed by atoms with van der Waals surface area (Å²) in [5.41, 5.74) is 14.5. The summed E-state index contributed by atoms with van der Waals surface area (Å²) in [6, 6.07) is 79.4. The van der Waals surface area contributed by atoms with Gasteiger partial charge in [0.1, 0.15) is 0 Å². The van der Waals surface area contributed by atoms with Crippen molar-refractivity contribution in [3.05, 3.63) is 224 Å². The maximum atomic E-state index is 4.97. The van der Waals surface area contributed by atoms with Crippen LogP contribution in [-0.2, 0) is 0 Å². The minimum absolute atomic E-state index is 0.635. The lowest BCUT2D eigenvalue weighted by atomic mass is 10.0. The first-order valence-corrected chi connectivity index (χ1v) is 20.9. The highest BCUT2D eigenvalue weighted by Crippen LogP contribution is 2.39. The van der Waals surface area contributed by atoms with Crippen LogP contribution in [0.1, 0.15) is 0 Å². The number of benzene rings is 9. The summed E-state index contributed by atoms with van der Waals surface area (Å²) in [7, 11) is 0. The topological polar surface area (TPSA) is 48.5 Å². The van der Waals surface area contributed by atoms with Gasteiger partial charge in [-0.1, -0.05) is 158 Å². The number of nitrogens with zero attached hydrogens (tertiary/aromatic N) is 5. The summed E-state index contributed by atoms with van der Waals surface area (Å²) in [5.74, 6) is 1.93. The van der Waals surface area contributed by atoms with Gasteiger partial charge in [-0.3, -0.25) is 0 Å². The highest BCUT2D eigenvalue weighted by Gasteiger charge is 2.18. The lowest BCUT2D eigenvalue weighted by molar-refractivity contribution is 1.07. The van der Waals surface area contributed by atoms with E-state index in [-0.39, 0.29) is 0 Å². The number of fused-ring (bicyclic) bond motifs is 6. The molecule has 3 heterocycles. The summed E-state index contributed by atoms with van der Waals surface area (Å²) in [4.78, 5) is 14.8. The molecule has 0 atom stereocenters. The standard InChI is InChI=1S/C57H37N5/c1-4-14-38(15-5-1)39-24-30-46(31-25-39)62-51-22-12-10-20-47(51)49-34-28-44(37-54(49)62)43-29-35-53-50(36-43)48-21-11-13-23-52(48)61(53)45-32-26-42(27-33-45)57-59-55(40-16-6-2-7-17-40)58-56(60-57)41-18-8-3-9-19-41/h1-37H. The Labute approximate surface area is 358 Å². The quantitative estimate of drug-likeness (QED) is 0.162. The summed E-state index contributed by atoms with van der Waals surface area (Å²) in [6.45, 7) is 0. The number of aromatic nitrogens is 5. The zero-order valence-corrected chi connectivity index (χ0v) is 33.6. The molecule has 0 aliphatic carbocycles. The maximum Gasteiger partial charge on any atom is 0.164 e. The highest BCUT2D eigenvalue weighted by atomic mass is 15.0. The van der Waals surface area contributed by atoms with E-state index in [1.807, 2.05) is 60.7 Å². The van der Waals surface area contributed by atoms with Crippen molar-refractivity contribution < 1.29 is 0 Å². The summed E-state index contributed by atoms with van der Waals surface area (Å²) in [6.07, 6.45) is 0. The fraction of sp³-hybridized carbons (Fsp3) is 0. The highest BCUT2D eigenvalue weighted by molar-refractivity contribution is 6.12. The van der Waals surface area contributed by atoms with Gasteiger partial charge in [0.15, 0.2) is 17.5 Å². The van der Waals surface area contributed by atoms with Crippen LogP contribution in [-0.4, -0.2) is 24.1 Å². The molecule has 0 amide bonds. The van der Waals surface area contributed by atoms with Gasteiger partial charge in [-0.15, -0.1) is 0 Å². The Hall–Kier alpha value is -8.41. The van der Waals surface area contributed by atoms with E-state index < -0.39 is 0 Å². The largest absolute Gasteiger partial charge is 0.309 e. The summed E-state index contributed by atoms with van der Waals surface area (Å²) in [5, 5.41) is 4.90. The van der Waals surface area contributed by atoms with Crippen LogP contribution in [0.2, 0.25) is 0 Å². The second-order valence-electron chi connectivity index (χ2n) is 15.7. The smallest absolute Gasteiger partial charge is 0.164 e. The average molecular weight is 792 g/mol. The van der Waals surface area contributed by atoms with E-state index in [2.05, 4.69) is 173 Å². The molecular weight excluding hydrogens is 755 g/mol. The Morgan fingerprint density at radius 3 is 1.15 bits per heavy atom. The van der Waals surface area contributed by atoms with Gasteiger partial charge < -0.3 is 9.13 Å². The van der Waals surface area contributed by atoms with E-state index >= 15 is 0 Å². The van der Waals surface area contributed by atoms with Gasteiger partial charge in [0.2, 0.25) is 0 Å². The van der Waals surface area contributed by atoms with Crippen molar-refractivity contribution in [1.82, 2.24) is 24.1 Å². The maximum absolute atomic E-state index is 4.97. The Morgan fingerprint density at radius 1 is 0.226 bits per heavy atom. The first kappa shape index (κ1) is 35.5. The SMILES string of the molecule is c1ccc(-c2ccc(-n3c4ccccc4c4ccc(-c5ccc6c(c5)c5ccccc5n6-c5ccc(-c6nc(-c7ccccc7)nc(-c7ccccc7)n6)cc5)cc43)cc2)cc1. The molecule has 0 aliphatic rings. The van der Waals surface area contributed by atoms with Crippen LogP contribution < -0.4 is 0 Å². The molecule has 0 aliphatic heterocycles. The second-order valence-corrected chi connectivity index (χ2v) is 15.7. The number of rotatable bonds is 7. The van der Waals surface area contributed by atoms with Crippen LogP contribution in [0.4, 0.5) is 0 Å². The Balaban J connectivity index is 0.943. The molecule has 12 rings (SSSR count). The Bertz CT molecular complexity index is 3530. The Morgan fingerprint density at radius 2 is 0.581 bits per heavy atom. The van der Waals surface area contributed by atoms with E-state index in [4.69, 9.17) is 15.0 Å². The fourth-order valence-corrected chi connectivity index (χ4v) is 8.99. The number of hydrogen-bond donors (Lipinski definition) is 0. The molecule has 0 bridgehead atoms. The Kier molecular flexibility index (Phi) is 8.42. The van der Waals surface area contributed by atoms with Crippen molar-refractivity contribution in [3.63, 3.8) is 0 Å². The van der Waals surface area contributed by atoms with Crippen molar-refractivity contribution in [1.29, 1.82) is 0 Å². The molecule has 0 unspecified atom stereocenters. The van der Waals surface area contributed by atoms with E-state index in [0.717, 1.165) is 39.1 Å². The molecule has 5 nitrogen and oxygen atoms in total. The van der Waals surface area contributed by atoms with Gasteiger partial charge in [0.25, 0.3) is 0 Å². The van der Waals surface area contributed by atoms with Crippen LogP contribution in [0.15, 0.2) is 224 Å². The average Bonchev–Trinajstić information content (AvgIpc) is 3.87. The van der Waals surface area contributed by atoms with E-state index in [1.54, 1.807) is 0 Å². The molecule has 0 saturated carbocycles. The van der Waals surface area contributed by atoms with Gasteiger partial charge in [0, 0.05) is 49.6 Å². The minimum atomic E-state index is 0.635. The normalized spacial score (nSPS) is 11.5. The van der Waals surface area contributed by atoms with Crippen molar-refractivity contribution in [2.45, 2.75) is 0 Å². The zero-order chi connectivity index (χ0) is 41.0. The summed E-state index contributed by atoms with van der Waals surface area (Å²) < 4.78 is 4.76. The monoisotopic (exact) mass is 791 g/mol. The lowest BCUT2D eigenvalue weighted by Gasteiger charge is -2.11. The molecule has 12 aromatic rings. The van der Waals surface area contributed by atoms with Crippen LogP contribution in [0.25, 0.3) is 111 Å². The third-order valence-corrected chi connectivity index (χ3v) is 12.0. The van der Waals surface area contributed by atoms with Gasteiger partial charge in [-0.2, -0.15) is 0 Å². The van der Waals surface area contributed by atoms with Crippen LogP contribution in [0.5, 0.6) is 0 Å². The van der Waals surface area contributed by atoms with Crippen molar-refractivity contribution >= 4 is 43.6 Å². The molecule has 0 spiro atoms. The number of hydrogen-bond acceptors (Lipinski definition) is 3. The molecule has 0 fully saturated rings. The van der Waals surface area contributed by atoms with Gasteiger partial charge in [-0.05, 0) is 89.0 Å². The van der Waals surface area contributed by atoms with Gasteiger partial charge in [0.05, 0.1) is 22.1 Å². The predicted octanol–water partition coefficient (Wildman–Crippen LogP) is 14.4. The molecule has 62 heavy (non-hydrogen) atoms. The van der Waals surface area contributed by atoms with Crippen LogP contribution in [0.3, 0.4) is 0 Å². The molecule has 9 aromatic carbocycles.